The van der Waals surface area contributed by atoms with Gasteiger partial charge >= 0.3 is 6.03 Å². The van der Waals surface area contributed by atoms with E-state index in [0.29, 0.717) is 6.54 Å². The number of ether oxygens (including phenoxy) is 1. The Balaban J connectivity index is 1.78. The number of hydrogen-bond acceptors (Lipinski definition) is 3. The molecule has 116 valence electrons. The minimum atomic E-state index is -0.144. The first kappa shape index (κ1) is 16.2. The highest BCUT2D eigenvalue weighted by Gasteiger charge is 2.37. The Bertz CT molecular complexity index is 458. The number of benzene rings is 1. The molecular formula is C16H24N2O2S. The molecule has 0 aliphatic heterocycles. The number of nitrogens with one attached hydrogen (secondary N) is 2. The zero-order valence-corrected chi connectivity index (χ0v) is 13.6. The van der Waals surface area contributed by atoms with E-state index in [4.69, 9.17) is 4.74 Å². The van der Waals surface area contributed by atoms with Gasteiger partial charge in [0.15, 0.2) is 0 Å². The van der Waals surface area contributed by atoms with Crippen LogP contribution in [0.2, 0.25) is 0 Å². The number of anilines is 1. The Morgan fingerprint density at radius 1 is 1.33 bits per heavy atom. The maximum absolute atomic E-state index is 12.0. The largest absolute Gasteiger partial charge is 0.381 e. The first-order chi connectivity index (χ1) is 10.2. The lowest BCUT2D eigenvalue weighted by Gasteiger charge is -2.41. The molecule has 0 aromatic heterocycles. The SMILES string of the molecule is CCOCC1(CNC(=O)Nc2ccc(SC)cc2)CCC1. The molecule has 1 aromatic rings. The lowest BCUT2D eigenvalue weighted by Crippen LogP contribution is -2.46. The van der Waals surface area contributed by atoms with Crippen molar-refractivity contribution in [3.8, 4) is 0 Å². The molecule has 4 nitrogen and oxygen atoms in total. The molecule has 5 heteroatoms. The van der Waals surface area contributed by atoms with Gasteiger partial charge in [-0.2, -0.15) is 0 Å². The number of carbonyl (C=O) groups is 1. The summed E-state index contributed by atoms with van der Waals surface area (Å²) in [4.78, 5) is 13.1. The summed E-state index contributed by atoms with van der Waals surface area (Å²) >= 11 is 1.69. The van der Waals surface area contributed by atoms with Gasteiger partial charge in [0.1, 0.15) is 0 Å². The topological polar surface area (TPSA) is 50.4 Å². The minimum absolute atomic E-state index is 0.144. The highest BCUT2D eigenvalue weighted by atomic mass is 32.2. The van der Waals surface area contributed by atoms with Gasteiger partial charge < -0.3 is 15.4 Å². The maximum atomic E-state index is 12.0. The van der Waals surface area contributed by atoms with Crippen molar-refractivity contribution in [3.05, 3.63) is 24.3 Å². The molecule has 1 aliphatic rings. The molecule has 1 aromatic carbocycles. The third-order valence-electron chi connectivity index (χ3n) is 4.00. The first-order valence-electron chi connectivity index (χ1n) is 7.44. The van der Waals surface area contributed by atoms with E-state index in [0.717, 1.165) is 31.7 Å². The van der Waals surface area contributed by atoms with Crippen molar-refractivity contribution in [2.24, 2.45) is 5.41 Å². The fourth-order valence-corrected chi connectivity index (χ4v) is 2.89. The number of hydrogen-bond donors (Lipinski definition) is 2. The average Bonchev–Trinajstić information content (AvgIpc) is 2.46. The van der Waals surface area contributed by atoms with Crippen LogP contribution in [0.1, 0.15) is 26.2 Å². The normalized spacial score (nSPS) is 16.1. The van der Waals surface area contributed by atoms with Crippen molar-refractivity contribution >= 4 is 23.5 Å². The summed E-state index contributed by atoms with van der Waals surface area (Å²) in [5.74, 6) is 0. The molecule has 0 saturated heterocycles. The fraction of sp³-hybridized carbons (Fsp3) is 0.562. The summed E-state index contributed by atoms with van der Waals surface area (Å²) in [6.45, 7) is 4.16. The van der Waals surface area contributed by atoms with Gasteiger partial charge in [0.2, 0.25) is 0 Å². The van der Waals surface area contributed by atoms with Crippen LogP contribution in [-0.4, -0.2) is 32.0 Å². The molecular weight excluding hydrogens is 284 g/mol. The number of carbonyl (C=O) groups excluding carboxylic acids is 1. The van der Waals surface area contributed by atoms with E-state index in [9.17, 15) is 4.79 Å². The molecule has 2 amide bonds. The summed E-state index contributed by atoms with van der Waals surface area (Å²) in [5.41, 5.74) is 0.966. The van der Waals surface area contributed by atoms with Crippen LogP contribution >= 0.6 is 11.8 Å². The van der Waals surface area contributed by atoms with Gasteiger partial charge in [0, 0.05) is 29.1 Å². The van der Waals surface area contributed by atoms with Crippen LogP contribution < -0.4 is 10.6 Å². The Morgan fingerprint density at radius 3 is 2.57 bits per heavy atom. The second kappa shape index (κ2) is 7.71. The first-order valence-corrected chi connectivity index (χ1v) is 8.66. The van der Waals surface area contributed by atoms with Crippen LogP contribution in [0.3, 0.4) is 0 Å². The van der Waals surface area contributed by atoms with Gasteiger partial charge in [-0.15, -0.1) is 11.8 Å². The quantitative estimate of drug-likeness (QED) is 0.755. The number of rotatable bonds is 7. The van der Waals surface area contributed by atoms with Crippen molar-refractivity contribution in [1.82, 2.24) is 5.32 Å². The van der Waals surface area contributed by atoms with Gasteiger partial charge in [-0.1, -0.05) is 6.42 Å². The summed E-state index contributed by atoms with van der Waals surface area (Å²) in [6.07, 6.45) is 5.53. The molecule has 0 heterocycles. The lowest BCUT2D eigenvalue weighted by molar-refractivity contribution is 0.00132. The van der Waals surface area contributed by atoms with E-state index in [1.165, 1.54) is 11.3 Å². The molecule has 1 fully saturated rings. The third-order valence-corrected chi connectivity index (χ3v) is 4.74. The predicted molar refractivity (Wildman–Crippen MR) is 88.0 cm³/mol. The molecule has 2 N–H and O–H groups in total. The van der Waals surface area contributed by atoms with Crippen LogP contribution in [0.4, 0.5) is 10.5 Å². The Hall–Kier alpha value is -1.20. The fourth-order valence-electron chi connectivity index (χ4n) is 2.48. The van der Waals surface area contributed by atoms with Gasteiger partial charge in [0.05, 0.1) is 6.61 Å². The molecule has 0 unspecified atom stereocenters. The second-order valence-corrected chi connectivity index (χ2v) is 6.41. The minimum Gasteiger partial charge on any atom is -0.381 e. The number of urea groups is 1. The molecule has 21 heavy (non-hydrogen) atoms. The highest BCUT2D eigenvalue weighted by Crippen LogP contribution is 2.40. The number of amides is 2. The van der Waals surface area contributed by atoms with E-state index < -0.39 is 0 Å². The van der Waals surface area contributed by atoms with Crippen LogP contribution in [-0.2, 0) is 4.74 Å². The van der Waals surface area contributed by atoms with E-state index >= 15 is 0 Å². The van der Waals surface area contributed by atoms with Crippen molar-refractivity contribution in [2.75, 3.05) is 31.3 Å². The summed E-state index contributed by atoms with van der Waals surface area (Å²) in [5, 5.41) is 5.85. The van der Waals surface area contributed by atoms with E-state index in [1.54, 1.807) is 11.8 Å². The molecule has 0 atom stereocenters. The zero-order valence-electron chi connectivity index (χ0n) is 12.8. The van der Waals surface area contributed by atoms with Gasteiger partial charge in [-0.05, 0) is 50.3 Å². The number of thioether (sulfide) groups is 1. The van der Waals surface area contributed by atoms with E-state index in [2.05, 4.69) is 10.6 Å². The molecule has 2 rings (SSSR count). The standard InChI is InChI=1S/C16H24N2O2S/c1-3-20-12-16(9-4-10-16)11-17-15(19)18-13-5-7-14(21-2)8-6-13/h5-8H,3-4,9-12H2,1-2H3,(H2,17,18,19). The third kappa shape index (κ3) is 4.64. The Labute approximate surface area is 131 Å². The van der Waals surface area contributed by atoms with E-state index in [-0.39, 0.29) is 11.4 Å². The van der Waals surface area contributed by atoms with E-state index in [1.807, 2.05) is 37.4 Å². The predicted octanol–water partition coefficient (Wildman–Crippen LogP) is 3.74. The van der Waals surface area contributed by atoms with Crippen LogP contribution in [0.15, 0.2) is 29.2 Å². The monoisotopic (exact) mass is 308 g/mol. The smallest absolute Gasteiger partial charge is 0.319 e. The van der Waals surface area contributed by atoms with Crippen LogP contribution in [0.5, 0.6) is 0 Å². The molecule has 0 spiro atoms. The van der Waals surface area contributed by atoms with Crippen LogP contribution in [0, 0.1) is 5.41 Å². The van der Waals surface area contributed by atoms with Gasteiger partial charge in [0.25, 0.3) is 0 Å². The van der Waals surface area contributed by atoms with Crippen molar-refractivity contribution in [3.63, 3.8) is 0 Å². The zero-order chi connectivity index (χ0) is 15.1. The van der Waals surface area contributed by atoms with Gasteiger partial charge in [-0.3, -0.25) is 0 Å². The molecule has 0 radical (unpaired) electrons. The highest BCUT2D eigenvalue weighted by molar-refractivity contribution is 7.98. The van der Waals surface area contributed by atoms with Gasteiger partial charge in [-0.25, -0.2) is 4.79 Å². The summed E-state index contributed by atoms with van der Waals surface area (Å²) in [7, 11) is 0. The van der Waals surface area contributed by atoms with Crippen molar-refractivity contribution in [1.29, 1.82) is 0 Å². The average molecular weight is 308 g/mol. The molecule has 1 aliphatic carbocycles. The molecule has 1 saturated carbocycles. The lowest BCUT2D eigenvalue weighted by atomic mass is 9.69. The Kier molecular flexibility index (Phi) is 5.94. The Morgan fingerprint density at radius 2 is 2.05 bits per heavy atom. The summed E-state index contributed by atoms with van der Waals surface area (Å²) < 4.78 is 5.54. The second-order valence-electron chi connectivity index (χ2n) is 5.53. The maximum Gasteiger partial charge on any atom is 0.319 e. The molecule has 0 bridgehead atoms. The van der Waals surface area contributed by atoms with Crippen molar-refractivity contribution < 1.29 is 9.53 Å². The van der Waals surface area contributed by atoms with Crippen LogP contribution in [0.25, 0.3) is 0 Å². The van der Waals surface area contributed by atoms with Crippen molar-refractivity contribution in [2.45, 2.75) is 31.1 Å². The summed E-state index contributed by atoms with van der Waals surface area (Å²) in [6, 6.07) is 7.70.